The van der Waals surface area contributed by atoms with Gasteiger partial charge in [-0.25, -0.2) is 4.79 Å². The number of hydrogen-bond donors (Lipinski definition) is 2. The number of esters is 1. The summed E-state index contributed by atoms with van der Waals surface area (Å²) in [6, 6.07) is 8.88. The lowest BCUT2D eigenvalue weighted by molar-refractivity contribution is -0.182. The van der Waals surface area contributed by atoms with Crippen LogP contribution < -0.4 is 0 Å². The van der Waals surface area contributed by atoms with Crippen molar-refractivity contribution in [3.05, 3.63) is 47.5 Å². The van der Waals surface area contributed by atoms with E-state index in [1.165, 1.54) is 0 Å². The van der Waals surface area contributed by atoms with Crippen LogP contribution in [0.1, 0.15) is 69.2 Å². The second kappa shape index (κ2) is 8.13. The number of ketones is 2. The Labute approximate surface area is 200 Å². The zero-order valence-corrected chi connectivity index (χ0v) is 20.0. The monoisotopic (exact) mass is 466 g/mol. The van der Waals surface area contributed by atoms with Crippen LogP contribution in [0, 0.1) is 28.6 Å². The van der Waals surface area contributed by atoms with Gasteiger partial charge in [-0.05, 0) is 74.0 Å². The molecule has 0 unspecified atom stereocenters. The Kier molecular flexibility index (Phi) is 5.60. The van der Waals surface area contributed by atoms with Gasteiger partial charge >= 0.3 is 5.97 Å². The molecule has 4 aliphatic rings. The molecule has 6 nitrogen and oxygen atoms in total. The van der Waals surface area contributed by atoms with Gasteiger partial charge in [0, 0.05) is 17.8 Å². The number of carbonyl (C=O) groups is 3. The summed E-state index contributed by atoms with van der Waals surface area (Å²) in [6.07, 6.45) is 5.53. The van der Waals surface area contributed by atoms with Crippen molar-refractivity contribution in [1.29, 1.82) is 0 Å². The first-order valence-electron chi connectivity index (χ1n) is 12.5. The fourth-order valence-electron chi connectivity index (χ4n) is 8.14. The molecular weight excluding hydrogens is 432 g/mol. The summed E-state index contributed by atoms with van der Waals surface area (Å²) in [5.74, 6) is -0.544. The van der Waals surface area contributed by atoms with E-state index in [9.17, 15) is 24.6 Å². The Balaban J connectivity index is 1.58. The van der Waals surface area contributed by atoms with Gasteiger partial charge < -0.3 is 14.9 Å². The Bertz CT molecular complexity index is 1050. The molecule has 3 fully saturated rings. The predicted octanol–water partition coefficient (Wildman–Crippen LogP) is 3.65. The number of aliphatic hydroxyl groups is 2. The summed E-state index contributed by atoms with van der Waals surface area (Å²) in [6.45, 7) is 3.44. The number of Topliss-reactive ketones (excluding diaryl/α,β-unsaturated/α-hetero) is 1. The van der Waals surface area contributed by atoms with Crippen LogP contribution in [0.15, 0.2) is 42.0 Å². The third-order valence-electron chi connectivity index (χ3n) is 9.90. The van der Waals surface area contributed by atoms with Crippen molar-refractivity contribution in [3.63, 3.8) is 0 Å². The highest BCUT2D eigenvalue weighted by atomic mass is 16.5. The van der Waals surface area contributed by atoms with E-state index in [2.05, 4.69) is 6.92 Å². The van der Waals surface area contributed by atoms with Crippen molar-refractivity contribution >= 4 is 17.5 Å². The summed E-state index contributed by atoms with van der Waals surface area (Å²) in [7, 11) is 0. The van der Waals surface area contributed by atoms with E-state index < -0.39 is 35.5 Å². The zero-order chi connectivity index (χ0) is 24.3. The van der Waals surface area contributed by atoms with Crippen molar-refractivity contribution in [2.75, 3.05) is 6.61 Å². The van der Waals surface area contributed by atoms with Gasteiger partial charge in [-0.3, -0.25) is 9.59 Å². The minimum Gasteiger partial charge on any atom is -0.458 e. The van der Waals surface area contributed by atoms with Gasteiger partial charge in [0.1, 0.15) is 18.3 Å². The third kappa shape index (κ3) is 3.25. The van der Waals surface area contributed by atoms with Gasteiger partial charge in [0.25, 0.3) is 0 Å². The summed E-state index contributed by atoms with van der Waals surface area (Å²) in [5.41, 5.74) is -1.07. The number of fused-ring (bicyclic) bond motifs is 5. The van der Waals surface area contributed by atoms with Crippen molar-refractivity contribution < 1.29 is 29.3 Å². The van der Waals surface area contributed by atoms with Crippen LogP contribution in [0.4, 0.5) is 0 Å². The number of rotatable bonds is 4. The lowest BCUT2D eigenvalue weighted by Crippen LogP contribution is -2.62. The Morgan fingerprint density at radius 2 is 1.82 bits per heavy atom. The number of aliphatic hydroxyl groups excluding tert-OH is 1. The summed E-state index contributed by atoms with van der Waals surface area (Å²) >= 11 is 0. The molecule has 6 heteroatoms. The first-order chi connectivity index (χ1) is 16.1. The van der Waals surface area contributed by atoms with E-state index in [1.54, 1.807) is 24.3 Å². The normalized spacial score (nSPS) is 41.1. The van der Waals surface area contributed by atoms with Crippen LogP contribution in [-0.4, -0.2) is 46.1 Å². The molecule has 0 radical (unpaired) electrons. The van der Waals surface area contributed by atoms with Gasteiger partial charge in [0.15, 0.2) is 11.6 Å². The molecule has 1 aromatic rings. The average molecular weight is 467 g/mol. The number of carbonyl (C=O) groups excluding carboxylic acids is 3. The molecule has 0 heterocycles. The maximum absolute atomic E-state index is 13.2. The van der Waals surface area contributed by atoms with E-state index in [4.69, 9.17) is 4.74 Å². The van der Waals surface area contributed by atoms with E-state index in [0.29, 0.717) is 31.2 Å². The lowest BCUT2D eigenvalue weighted by Gasteiger charge is -2.60. The Morgan fingerprint density at radius 3 is 2.53 bits per heavy atom. The molecule has 34 heavy (non-hydrogen) atoms. The second-order valence-corrected chi connectivity index (χ2v) is 11.3. The van der Waals surface area contributed by atoms with Gasteiger partial charge in [0.2, 0.25) is 0 Å². The predicted molar refractivity (Wildman–Crippen MR) is 125 cm³/mol. The fourth-order valence-corrected chi connectivity index (χ4v) is 8.14. The highest BCUT2D eigenvalue weighted by molar-refractivity contribution is 5.92. The standard InChI is InChI=1S/C28H34O6/c1-26-12-10-19(30)14-18(26)8-9-20-21-11-13-28(33,23(31)16-29)27(21,2)15-22(24(20)26)34-25(32)17-6-4-3-5-7-17/h3-7,14,20-22,24,29,33H,8-13,15-16H2,1-2H3/t20-,21-,22-,24+,26-,27-,28-/m0/s1. The van der Waals surface area contributed by atoms with Gasteiger partial charge in [-0.2, -0.15) is 0 Å². The molecule has 1 aromatic carbocycles. The van der Waals surface area contributed by atoms with Crippen molar-refractivity contribution in [2.45, 2.75) is 70.5 Å². The number of ether oxygens (including phenoxy) is 1. The quantitative estimate of drug-likeness (QED) is 0.657. The molecule has 7 atom stereocenters. The second-order valence-electron chi connectivity index (χ2n) is 11.3. The molecule has 0 spiro atoms. The molecule has 182 valence electrons. The number of benzene rings is 1. The van der Waals surface area contributed by atoms with Crippen LogP contribution in [0.2, 0.25) is 0 Å². The molecule has 0 saturated heterocycles. The van der Waals surface area contributed by atoms with Crippen molar-refractivity contribution in [3.8, 4) is 0 Å². The molecule has 2 N–H and O–H groups in total. The van der Waals surface area contributed by atoms with Gasteiger partial charge in [0.05, 0.1) is 5.56 Å². The van der Waals surface area contributed by atoms with Crippen LogP contribution in [-0.2, 0) is 14.3 Å². The third-order valence-corrected chi connectivity index (χ3v) is 9.90. The maximum Gasteiger partial charge on any atom is 0.338 e. The van der Waals surface area contributed by atoms with Crippen LogP contribution >= 0.6 is 0 Å². The van der Waals surface area contributed by atoms with Crippen LogP contribution in [0.25, 0.3) is 0 Å². The van der Waals surface area contributed by atoms with Gasteiger partial charge in [-0.15, -0.1) is 0 Å². The zero-order valence-electron chi connectivity index (χ0n) is 20.0. The molecule has 4 aliphatic carbocycles. The van der Waals surface area contributed by atoms with Crippen LogP contribution in [0.5, 0.6) is 0 Å². The molecule has 0 aliphatic heterocycles. The SMILES string of the molecule is C[C@]12CCC(=O)C=C1CC[C@@H]1[C@@H]2[C@@H](OC(=O)c2ccccc2)C[C@@]2(C)[C@H]1CC[C@]2(O)C(=O)CO. The van der Waals surface area contributed by atoms with Gasteiger partial charge in [-0.1, -0.05) is 37.6 Å². The molecule has 3 saturated carbocycles. The van der Waals surface area contributed by atoms with E-state index in [0.717, 1.165) is 24.8 Å². The minimum absolute atomic E-state index is 0.0120. The fraction of sp³-hybridized carbons (Fsp3) is 0.607. The molecule has 0 amide bonds. The smallest absolute Gasteiger partial charge is 0.338 e. The first-order valence-corrected chi connectivity index (χ1v) is 12.5. The summed E-state index contributed by atoms with van der Waals surface area (Å²) < 4.78 is 6.23. The molecular formula is C28H34O6. The average Bonchev–Trinajstić information content (AvgIpc) is 3.10. The van der Waals surface area contributed by atoms with E-state index in [-0.39, 0.29) is 29.0 Å². The molecule has 5 rings (SSSR count). The summed E-state index contributed by atoms with van der Waals surface area (Å²) in [5, 5.41) is 21.2. The van der Waals surface area contributed by atoms with Crippen molar-refractivity contribution in [2.24, 2.45) is 28.6 Å². The summed E-state index contributed by atoms with van der Waals surface area (Å²) in [4.78, 5) is 38.2. The number of hydrogen-bond acceptors (Lipinski definition) is 6. The Hall–Kier alpha value is -2.31. The van der Waals surface area contributed by atoms with E-state index in [1.807, 2.05) is 19.1 Å². The first kappa shape index (κ1) is 23.4. The maximum atomic E-state index is 13.2. The number of allylic oxidation sites excluding steroid dienone is 1. The highest BCUT2D eigenvalue weighted by Gasteiger charge is 2.69. The highest BCUT2D eigenvalue weighted by Crippen LogP contribution is 2.68. The minimum atomic E-state index is -1.63. The topological polar surface area (TPSA) is 101 Å². The molecule has 0 bridgehead atoms. The van der Waals surface area contributed by atoms with Crippen molar-refractivity contribution in [1.82, 2.24) is 0 Å². The van der Waals surface area contributed by atoms with Crippen LogP contribution in [0.3, 0.4) is 0 Å². The molecule has 0 aromatic heterocycles. The largest absolute Gasteiger partial charge is 0.458 e. The van der Waals surface area contributed by atoms with E-state index >= 15 is 0 Å². The Morgan fingerprint density at radius 1 is 1.09 bits per heavy atom. The lowest BCUT2D eigenvalue weighted by atomic mass is 9.45.